The van der Waals surface area contributed by atoms with Gasteiger partial charge in [-0.1, -0.05) is 13.3 Å². The van der Waals surface area contributed by atoms with E-state index in [1.54, 1.807) is 0 Å². The molecule has 0 bridgehead atoms. The Morgan fingerprint density at radius 1 is 1.18 bits per heavy atom. The van der Waals surface area contributed by atoms with E-state index in [0.29, 0.717) is 31.7 Å². The first-order valence-corrected chi connectivity index (χ1v) is 10.6. The van der Waals surface area contributed by atoms with Crippen LogP contribution in [0.5, 0.6) is 5.75 Å². The Hall–Kier alpha value is -2.17. The van der Waals surface area contributed by atoms with Crippen molar-refractivity contribution in [2.45, 2.75) is 43.5 Å². The van der Waals surface area contributed by atoms with Crippen molar-refractivity contribution < 1.29 is 27.5 Å². The van der Waals surface area contributed by atoms with Crippen LogP contribution in [0, 0.1) is 0 Å². The van der Waals surface area contributed by atoms with Crippen molar-refractivity contribution in [3.05, 3.63) is 24.3 Å². The minimum atomic E-state index is -3.93. The highest BCUT2D eigenvalue weighted by Crippen LogP contribution is 2.16. The van der Waals surface area contributed by atoms with Crippen molar-refractivity contribution in [3.8, 4) is 5.75 Å². The molecule has 4 N–H and O–H groups in total. The van der Waals surface area contributed by atoms with E-state index in [-0.39, 0.29) is 17.3 Å². The van der Waals surface area contributed by atoms with Crippen LogP contribution in [0.1, 0.15) is 32.6 Å². The molecule has 9 nitrogen and oxygen atoms in total. The van der Waals surface area contributed by atoms with Crippen LogP contribution in [0.15, 0.2) is 29.2 Å². The highest BCUT2D eigenvalue weighted by molar-refractivity contribution is 7.89. The number of carbonyl (C=O) groups excluding carboxylic acids is 2. The first-order chi connectivity index (χ1) is 13.3. The molecular formula is C18H29N3O6S. The van der Waals surface area contributed by atoms with Gasteiger partial charge in [-0.2, -0.15) is 4.72 Å². The van der Waals surface area contributed by atoms with Gasteiger partial charge in [0.2, 0.25) is 15.9 Å². The van der Waals surface area contributed by atoms with Crippen LogP contribution >= 0.6 is 0 Å². The Labute approximate surface area is 166 Å². The molecular weight excluding hydrogens is 386 g/mol. The summed E-state index contributed by atoms with van der Waals surface area (Å²) in [7, 11) is -2.78. The van der Waals surface area contributed by atoms with Crippen molar-refractivity contribution in [2.24, 2.45) is 5.73 Å². The second-order valence-corrected chi connectivity index (χ2v) is 7.77. The number of ether oxygens (including phenoxy) is 2. The molecule has 0 saturated heterocycles. The van der Waals surface area contributed by atoms with Gasteiger partial charge in [0.25, 0.3) is 0 Å². The van der Waals surface area contributed by atoms with Gasteiger partial charge in [-0.15, -0.1) is 0 Å². The number of carbonyl (C=O) groups is 2. The van der Waals surface area contributed by atoms with Crippen LogP contribution in [-0.2, 0) is 24.3 Å². The normalized spacial score (nSPS) is 12.2. The number of esters is 1. The quantitative estimate of drug-likeness (QED) is 0.316. The van der Waals surface area contributed by atoms with Gasteiger partial charge in [0.15, 0.2) is 0 Å². The van der Waals surface area contributed by atoms with Crippen LogP contribution < -0.4 is 20.5 Å². The topological polar surface area (TPSA) is 137 Å². The lowest BCUT2D eigenvalue weighted by molar-refractivity contribution is -0.142. The third-order valence-electron chi connectivity index (χ3n) is 3.82. The summed E-state index contributed by atoms with van der Waals surface area (Å²) in [6.07, 6.45) is 2.91. The van der Waals surface area contributed by atoms with E-state index < -0.39 is 22.0 Å². The number of amides is 1. The molecule has 10 heteroatoms. The first kappa shape index (κ1) is 23.9. The zero-order valence-electron chi connectivity index (χ0n) is 16.3. The molecule has 28 heavy (non-hydrogen) atoms. The van der Waals surface area contributed by atoms with Gasteiger partial charge in [-0.3, -0.25) is 9.59 Å². The minimum absolute atomic E-state index is 0.00960. The summed E-state index contributed by atoms with van der Waals surface area (Å²) in [5.41, 5.74) is 5.41. The molecule has 0 fully saturated rings. The van der Waals surface area contributed by atoms with E-state index in [1.807, 2.05) is 0 Å². The second kappa shape index (κ2) is 12.3. The summed E-state index contributed by atoms with van der Waals surface area (Å²) in [4.78, 5) is 23.1. The summed E-state index contributed by atoms with van der Waals surface area (Å²) in [5, 5.41) is 2.83. The van der Waals surface area contributed by atoms with Crippen molar-refractivity contribution in [1.29, 1.82) is 0 Å². The molecule has 0 spiro atoms. The average Bonchev–Trinajstić information content (AvgIpc) is 2.69. The van der Waals surface area contributed by atoms with Crippen LogP contribution in [-0.4, -0.2) is 53.1 Å². The van der Waals surface area contributed by atoms with Gasteiger partial charge in [-0.05, 0) is 37.1 Å². The number of rotatable bonds is 13. The van der Waals surface area contributed by atoms with Crippen LogP contribution in [0.25, 0.3) is 0 Å². The smallest absolute Gasteiger partial charge is 0.325 e. The molecule has 1 aromatic carbocycles. The van der Waals surface area contributed by atoms with Gasteiger partial charge in [0.05, 0.1) is 18.6 Å². The molecule has 0 unspecified atom stereocenters. The van der Waals surface area contributed by atoms with Gasteiger partial charge in [0, 0.05) is 19.5 Å². The maximum atomic E-state index is 12.3. The van der Waals surface area contributed by atoms with E-state index in [9.17, 15) is 18.0 Å². The Morgan fingerprint density at radius 3 is 2.43 bits per heavy atom. The van der Waals surface area contributed by atoms with Gasteiger partial charge < -0.3 is 20.5 Å². The number of benzene rings is 1. The molecule has 0 aliphatic carbocycles. The first-order valence-electron chi connectivity index (χ1n) is 9.13. The second-order valence-electron chi connectivity index (χ2n) is 6.06. The Balaban J connectivity index is 2.50. The van der Waals surface area contributed by atoms with Gasteiger partial charge in [0.1, 0.15) is 11.8 Å². The maximum absolute atomic E-state index is 12.3. The van der Waals surface area contributed by atoms with E-state index in [4.69, 9.17) is 10.5 Å². The average molecular weight is 416 g/mol. The lowest BCUT2D eigenvalue weighted by Gasteiger charge is -2.15. The molecule has 0 saturated carbocycles. The zero-order chi connectivity index (χ0) is 21.0. The largest absolute Gasteiger partial charge is 0.494 e. The number of nitrogens with one attached hydrogen (secondary N) is 2. The predicted molar refractivity (Wildman–Crippen MR) is 104 cm³/mol. The number of nitrogens with two attached hydrogens (primary N) is 1. The number of hydrogen-bond donors (Lipinski definition) is 3. The molecule has 1 atom stereocenters. The van der Waals surface area contributed by atoms with Crippen molar-refractivity contribution in [1.82, 2.24) is 10.0 Å². The van der Waals surface area contributed by atoms with Crippen LogP contribution in [0.4, 0.5) is 0 Å². The lowest BCUT2D eigenvalue weighted by atomic mass is 10.3. The summed E-state index contributed by atoms with van der Waals surface area (Å²) >= 11 is 0. The SMILES string of the molecule is CCCCNC(=O)CCCOc1ccc(S(=O)(=O)N[C@@H](CN)C(=O)OC)cc1. The van der Waals surface area contributed by atoms with Crippen molar-refractivity contribution in [3.63, 3.8) is 0 Å². The van der Waals surface area contributed by atoms with Crippen LogP contribution in [0.3, 0.4) is 0 Å². The molecule has 158 valence electrons. The van der Waals surface area contributed by atoms with Gasteiger partial charge >= 0.3 is 5.97 Å². The van der Waals surface area contributed by atoms with E-state index >= 15 is 0 Å². The Kier molecular flexibility index (Phi) is 10.5. The molecule has 0 heterocycles. The predicted octanol–water partition coefficient (Wildman–Crippen LogP) is 0.541. The van der Waals surface area contributed by atoms with Gasteiger partial charge in [-0.25, -0.2) is 8.42 Å². The lowest BCUT2D eigenvalue weighted by Crippen LogP contribution is -2.46. The fourth-order valence-electron chi connectivity index (χ4n) is 2.22. The molecule has 1 rings (SSSR count). The van der Waals surface area contributed by atoms with E-state index in [1.165, 1.54) is 24.3 Å². The minimum Gasteiger partial charge on any atom is -0.494 e. The highest BCUT2D eigenvalue weighted by atomic mass is 32.2. The Bertz CT molecular complexity index is 721. The standard InChI is InChI=1S/C18H29N3O6S/c1-3-4-11-20-17(22)6-5-12-27-14-7-9-15(10-8-14)28(24,25)21-16(13-19)18(23)26-2/h7-10,16,21H,3-6,11-13,19H2,1-2H3,(H,20,22)/t16-/m0/s1. The summed E-state index contributed by atoms with van der Waals surface area (Å²) in [6, 6.07) is 4.58. The molecule has 0 aliphatic heterocycles. The van der Waals surface area contributed by atoms with Crippen molar-refractivity contribution in [2.75, 3.05) is 26.8 Å². The van der Waals surface area contributed by atoms with E-state index in [0.717, 1.165) is 20.0 Å². The molecule has 0 aromatic heterocycles. The third-order valence-corrected chi connectivity index (χ3v) is 5.31. The molecule has 1 aromatic rings. The van der Waals surface area contributed by atoms with E-state index in [2.05, 4.69) is 21.7 Å². The summed E-state index contributed by atoms with van der Waals surface area (Å²) < 4.78 is 36.9. The number of unbranched alkanes of at least 4 members (excludes halogenated alkanes) is 1. The maximum Gasteiger partial charge on any atom is 0.325 e. The van der Waals surface area contributed by atoms with Crippen LogP contribution in [0.2, 0.25) is 0 Å². The monoisotopic (exact) mass is 415 g/mol. The molecule has 0 radical (unpaired) electrons. The zero-order valence-corrected chi connectivity index (χ0v) is 17.1. The summed E-state index contributed by atoms with van der Waals surface area (Å²) in [6.45, 7) is 2.85. The fraction of sp³-hybridized carbons (Fsp3) is 0.556. The third kappa shape index (κ3) is 8.24. The number of hydrogen-bond acceptors (Lipinski definition) is 7. The molecule has 1 amide bonds. The highest BCUT2D eigenvalue weighted by Gasteiger charge is 2.25. The number of methoxy groups -OCH3 is 1. The molecule has 0 aliphatic rings. The van der Waals surface area contributed by atoms with Crippen molar-refractivity contribution >= 4 is 21.9 Å². The number of sulfonamides is 1. The fourth-order valence-corrected chi connectivity index (χ4v) is 3.42. The Morgan fingerprint density at radius 2 is 1.86 bits per heavy atom. The summed E-state index contributed by atoms with van der Waals surface area (Å²) in [5.74, 6) is -0.289.